The van der Waals surface area contributed by atoms with E-state index in [-0.39, 0.29) is 5.97 Å². The highest BCUT2D eigenvalue weighted by Crippen LogP contribution is 2.05. The van der Waals surface area contributed by atoms with E-state index < -0.39 is 24.2 Å². The monoisotopic (exact) mass is 263 g/mol. The van der Waals surface area contributed by atoms with E-state index in [0.29, 0.717) is 6.42 Å². The summed E-state index contributed by atoms with van der Waals surface area (Å²) in [6.07, 6.45) is -0.249. The molecule has 0 aromatic carbocycles. The van der Waals surface area contributed by atoms with Crippen LogP contribution in [-0.4, -0.2) is 42.4 Å². The van der Waals surface area contributed by atoms with Gasteiger partial charge in [0.05, 0.1) is 7.11 Å². The fourth-order valence-electron chi connectivity index (χ4n) is 0.606. The summed E-state index contributed by atoms with van der Waals surface area (Å²) in [6.45, 7) is 6.44. The molecule has 0 aromatic rings. The van der Waals surface area contributed by atoms with Crippen molar-refractivity contribution in [2.24, 2.45) is 0 Å². The van der Waals surface area contributed by atoms with Crippen LogP contribution >= 0.6 is 0 Å². The molecule has 0 aliphatic heterocycles. The SMILES string of the molecule is CC(C)(C)OC(=O)NCC(=O)O.CCC(=O)OC. The van der Waals surface area contributed by atoms with Gasteiger partial charge in [-0.2, -0.15) is 0 Å². The molecule has 0 aliphatic rings. The van der Waals surface area contributed by atoms with Gasteiger partial charge < -0.3 is 19.9 Å². The molecule has 0 atom stereocenters. The number of methoxy groups -OCH3 is 1. The first kappa shape index (κ1) is 18.6. The van der Waals surface area contributed by atoms with Gasteiger partial charge >= 0.3 is 18.0 Å². The van der Waals surface area contributed by atoms with Crippen LogP contribution in [0.2, 0.25) is 0 Å². The molecule has 1 amide bonds. The number of carbonyl (C=O) groups excluding carboxylic acids is 2. The third-order valence-electron chi connectivity index (χ3n) is 1.30. The van der Waals surface area contributed by atoms with Crippen LogP contribution in [-0.2, 0) is 19.1 Å². The van der Waals surface area contributed by atoms with Crippen LogP contribution in [0.5, 0.6) is 0 Å². The largest absolute Gasteiger partial charge is 0.480 e. The summed E-state index contributed by atoms with van der Waals surface area (Å²) in [5, 5.41) is 10.3. The van der Waals surface area contributed by atoms with Crippen molar-refractivity contribution in [1.82, 2.24) is 5.32 Å². The van der Waals surface area contributed by atoms with Crippen LogP contribution in [0.15, 0.2) is 0 Å². The summed E-state index contributed by atoms with van der Waals surface area (Å²) in [4.78, 5) is 30.7. The zero-order chi connectivity index (χ0) is 14.8. The molecule has 7 nitrogen and oxygen atoms in total. The molecule has 0 saturated heterocycles. The molecule has 0 saturated carbocycles. The number of carboxylic acid groups (broad SMARTS) is 1. The van der Waals surface area contributed by atoms with E-state index in [0.717, 1.165) is 0 Å². The number of hydrogen-bond acceptors (Lipinski definition) is 5. The Labute approximate surface area is 106 Å². The number of carbonyl (C=O) groups is 3. The van der Waals surface area contributed by atoms with Crippen LogP contribution in [0.25, 0.3) is 0 Å². The molecule has 18 heavy (non-hydrogen) atoms. The van der Waals surface area contributed by atoms with Crippen LogP contribution in [0, 0.1) is 0 Å². The lowest BCUT2D eigenvalue weighted by Crippen LogP contribution is -2.35. The van der Waals surface area contributed by atoms with Crippen LogP contribution in [0.3, 0.4) is 0 Å². The minimum Gasteiger partial charge on any atom is -0.480 e. The van der Waals surface area contributed by atoms with Crippen molar-refractivity contribution in [3.63, 3.8) is 0 Å². The number of carboxylic acids is 1. The number of hydrogen-bond donors (Lipinski definition) is 2. The third kappa shape index (κ3) is 16.6. The Morgan fingerprint density at radius 1 is 1.22 bits per heavy atom. The van der Waals surface area contributed by atoms with Gasteiger partial charge in [0.2, 0.25) is 0 Å². The highest BCUT2D eigenvalue weighted by Gasteiger charge is 2.15. The van der Waals surface area contributed by atoms with Gasteiger partial charge in [-0.3, -0.25) is 9.59 Å². The van der Waals surface area contributed by atoms with Crippen LogP contribution < -0.4 is 5.32 Å². The highest BCUT2D eigenvalue weighted by atomic mass is 16.6. The van der Waals surface area contributed by atoms with Crippen molar-refractivity contribution >= 4 is 18.0 Å². The normalized spacial score (nSPS) is 9.61. The number of nitrogens with one attached hydrogen (secondary N) is 1. The molecule has 2 N–H and O–H groups in total. The maximum atomic E-state index is 10.8. The number of aliphatic carboxylic acids is 1. The van der Waals surface area contributed by atoms with Gasteiger partial charge in [0, 0.05) is 6.42 Å². The standard InChI is InChI=1S/C7H13NO4.C4H8O2/c1-7(2,3)12-6(11)8-4-5(9)10;1-3-4(5)6-2/h4H2,1-3H3,(H,8,11)(H,9,10);3H2,1-2H3. The lowest BCUT2D eigenvalue weighted by atomic mass is 10.2. The average molecular weight is 263 g/mol. The molecule has 0 bridgehead atoms. The first-order valence-electron chi connectivity index (χ1n) is 5.37. The average Bonchev–Trinajstić information content (AvgIpc) is 2.24. The minimum atomic E-state index is -1.10. The third-order valence-corrected chi connectivity index (χ3v) is 1.30. The summed E-state index contributed by atoms with van der Waals surface area (Å²) in [5.41, 5.74) is -0.595. The van der Waals surface area contributed by atoms with Crippen molar-refractivity contribution < 1.29 is 29.0 Å². The molecular weight excluding hydrogens is 242 g/mol. The topological polar surface area (TPSA) is 102 Å². The zero-order valence-corrected chi connectivity index (χ0v) is 11.4. The fourth-order valence-corrected chi connectivity index (χ4v) is 0.606. The number of esters is 1. The molecule has 0 spiro atoms. The molecule has 0 rings (SSSR count). The van der Waals surface area contributed by atoms with E-state index in [2.05, 4.69) is 10.1 Å². The Balaban J connectivity index is 0. The van der Waals surface area contributed by atoms with Gasteiger partial charge in [0.1, 0.15) is 12.1 Å². The number of amides is 1. The van der Waals surface area contributed by atoms with Gasteiger partial charge in [0.25, 0.3) is 0 Å². The second-order valence-electron chi connectivity index (χ2n) is 4.18. The van der Waals surface area contributed by atoms with Crippen LogP contribution in [0.4, 0.5) is 4.79 Å². The maximum absolute atomic E-state index is 10.8. The van der Waals surface area contributed by atoms with Gasteiger partial charge in [-0.05, 0) is 20.8 Å². The van der Waals surface area contributed by atoms with E-state index >= 15 is 0 Å². The second-order valence-corrected chi connectivity index (χ2v) is 4.18. The van der Waals surface area contributed by atoms with E-state index in [1.165, 1.54) is 7.11 Å². The molecule has 0 aromatic heterocycles. The highest BCUT2D eigenvalue weighted by molar-refractivity contribution is 5.76. The summed E-state index contributed by atoms with van der Waals surface area (Å²) >= 11 is 0. The lowest BCUT2D eigenvalue weighted by Gasteiger charge is -2.19. The van der Waals surface area contributed by atoms with Gasteiger partial charge in [0.15, 0.2) is 0 Å². The molecular formula is C11H21NO6. The predicted octanol–water partition coefficient (Wildman–Crippen LogP) is 1.17. The molecule has 0 fully saturated rings. The van der Waals surface area contributed by atoms with Gasteiger partial charge in [-0.15, -0.1) is 0 Å². The Morgan fingerprint density at radius 2 is 1.72 bits per heavy atom. The summed E-state index contributed by atoms with van der Waals surface area (Å²) in [5.74, 6) is -1.25. The Morgan fingerprint density at radius 3 is 1.94 bits per heavy atom. The molecule has 106 valence electrons. The minimum absolute atomic E-state index is 0.157. The van der Waals surface area contributed by atoms with E-state index in [9.17, 15) is 14.4 Å². The molecule has 0 unspecified atom stereocenters. The fraction of sp³-hybridized carbons (Fsp3) is 0.727. The summed E-state index contributed by atoms with van der Waals surface area (Å²) < 4.78 is 9.04. The molecule has 7 heteroatoms. The quantitative estimate of drug-likeness (QED) is 0.741. The Kier molecular flexibility index (Phi) is 9.56. The first-order chi connectivity index (χ1) is 8.12. The van der Waals surface area contributed by atoms with Crippen molar-refractivity contribution in [3.05, 3.63) is 0 Å². The van der Waals surface area contributed by atoms with Gasteiger partial charge in [-0.1, -0.05) is 6.92 Å². The van der Waals surface area contributed by atoms with Gasteiger partial charge in [-0.25, -0.2) is 4.79 Å². The molecule has 0 aliphatic carbocycles. The number of rotatable bonds is 3. The van der Waals surface area contributed by atoms with Crippen molar-refractivity contribution in [2.75, 3.05) is 13.7 Å². The van der Waals surface area contributed by atoms with Crippen LogP contribution in [0.1, 0.15) is 34.1 Å². The van der Waals surface area contributed by atoms with E-state index in [4.69, 9.17) is 9.84 Å². The van der Waals surface area contributed by atoms with Crippen molar-refractivity contribution in [1.29, 1.82) is 0 Å². The maximum Gasteiger partial charge on any atom is 0.408 e. The van der Waals surface area contributed by atoms with E-state index in [1.54, 1.807) is 27.7 Å². The number of alkyl carbamates (subject to hydrolysis) is 1. The van der Waals surface area contributed by atoms with Crippen molar-refractivity contribution in [2.45, 2.75) is 39.7 Å². The lowest BCUT2D eigenvalue weighted by molar-refractivity contribution is -0.140. The van der Waals surface area contributed by atoms with E-state index in [1.807, 2.05) is 0 Å². The zero-order valence-electron chi connectivity index (χ0n) is 11.4. The first-order valence-corrected chi connectivity index (χ1v) is 5.37. The smallest absolute Gasteiger partial charge is 0.408 e. The second kappa shape index (κ2) is 9.26. The Hall–Kier alpha value is -1.79. The van der Waals surface area contributed by atoms with Crippen molar-refractivity contribution in [3.8, 4) is 0 Å². The predicted molar refractivity (Wildman–Crippen MR) is 64.2 cm³/mol. The molecule has 0 heterocycles. The number of ether oxygens (including phenoxy) is 2. The molecule has 0 radical (unpaired) electrons. The summed E-state index contributed by atoms with van der Waals surface area (Å²) in [6, 6.07) is 0. The Bertz CT molecular complexity index is 276. The summed E-state index contributed by atoms with van der Waals surface area (Å²) in [7, 11) is 1.38.